The zero-order valence-electron chi connectivity index (χ0n) is 10.9. The van der Waals surface area contributed by atoms with Gasteiger partial charge in [-0.3, -0.25) is 4.90 Å². The average molecular weight is 246 g/mol. The lowest BCUT2D eigenvalue weighted by Crippen LogP contribution is -2.47. The Morgan fingerprint density at radius 1 is 1.50 bits per heavy atom. The molecule has 0 bridgehead atoms. The van der Waals surface area contributed by atoms with Gasteiger partial charge in [-0.25, -0.2) is 0 Å². The molecule has 96 valence electrons. The maximum absolute atomic E-state index is 6.13. The van der Waals surface area contributed by atoms with Gasteiger partial charge in [0.2, 0.25) is 0 Å². The van der Waals surface area contributed by atoms with Crippen molar-refractivity contribution < 1.29 is 4.74 Å². The van der Waals surface area contributed by atoms with Crippen molar-refractivity contribution in [2.45, 2.75) is 37.5 Å². The first-order valence-corrected chi connectivity index (χ1v) is 7.13. The van der Waals surface area contributed by atoms with Crippen LogP contribution in [0.25, 0.3) is 0 Å². The maximum atomic E-state index is 6.13. The van der Waals surface area contributed by atoms with Crippen LogP contribution in [0, 0.1) is 0 Å². The standard InChI is InChI=1S/C12H26N2OS/c1-12(2)10-14(6-8-16-12)9-11(13)5-4-7-15-3/h11H,4-10,13H2,1-3H3. The van der Waals surface area contributed by atoms with Crippen LogP contribution in [0.3, 0.4) is 0 Å². The molecule has 2 N–H and O–H groups in total. The second-order valence-corrected chi connectivity index (χ2v) is 7.04. The Balaban J connectivity index is 2.20. The summed E-state index contributed by atoms with van der Waals surface area (Å²) in [6, 6.07) is 0.300. The van der Waals surface area contributed by atoms with Gasteiger partial charge in [-0.05, 0) is 26.7 Å². The lowest BCUT2D eigenvalue weighted by atomic mass is 10.1. The van der Waals surface area contributed by atoms with Crippen molar-refractivity contribution in [2.75, 3.05) is 39.1 Å². The van der Waals surface area contributed by atoms with E-state index in [2.05, 4.69) is 30.5 Å². The predicted octanol–water partition coefficient (Wildman–Crippen LogP) is 1.57. The molecule has 0 aromatic heterocycles. The van der Waals surface area contributed by atoms with Gasteiger partial charge in [0.15, 0.2) is 0 Å². The van der Waals surface area contributed by atoms with Crippen LogP contribution in [-0.4, -0.2) is 54.8 Å². The third-order valence-electron chi connectivity index (χ3n) is 2.92. The zero-order chi connectivity index (χ0) is 12.0. The maximum Gasteiger partial charge on any atom is 0.0462 e. The monoisotopic (exact) mass is 246 g/mol. The van der Waals surface area contributed by atoms with Crippen molar-refractivity contribution in [1.29, 1.82) is 0 Å². The molecule has 1 unspecified atom stereocenters. The van der Waals surface area contributed by atoms with Gasteiger partial charge in [-0.1, -0.05) is 0 Å². The predicted molar refractivity (Wildman–Crippen MR) is 72.1 cm³/mol. The van der Waals surface area contributed by atoms with E-state index in [9.17, 15) is 0 Å². The first-order valence-electron chi connectivity index (χ1n) is 6.14. The number of thioether (sulfide) groups is 1. The highest BCUT2D eigenvalue weighted by Crippen LogP contribution is 2.29. The molecule has 1 aliphatic heterocycles. The fourth-order valence-electron chi connectivity index (χ4n) is 2.18. The molecule has 0 saturated carbocycles. The lowest BCUT2D eigenvalue weighted by molar-refractivity contribution is 0.184. The highest BCUT2D eigenvalue weighted by atomic mass is 32.2. The summed E-state index contributed by atoms with van der Waals surface area (Å²) in [4.78, 5) is 2.51. The van der Waals surface area contributed by atoms with Crippen LogP contribution >= 0.6 is 11.8 Å². The van der Waals surface area contributed by atoms with Crippen LogP contribution in [0.2, 0.25) is 0 Å². The summed E-state index contributed by atoms with van der Waals surface area (Å²) < 4.78 is 5.44. The van der Waals surface area contributed by atoms with Gasteiger partial charge >= 0.3 is 0 Å². The summed E-state index contributed by atoms with van der Waals surface area (Å²) in [5, 5.41) is 0. The fourth-order valence-corrected chi connectivity index (χ4v) is 3.36. The minimum atomic E-state index is 0.300. The fraction of sp³-hybridized carbons (Fsp3) is 1.00. The SMILES string of the molecule is COCCCC(N)CN1CCSC(C)(C)C1. The molecule has 0 spiro atoms. The molecule has 1 atom stereocenters. The van der Waals surface area contributed by atoms with Crippen molar-refractivity contribution in [3.8, 4) is 0 Å². The van der Waals surface area contributed by atoms with Gasteiger partial charge in [0, 0.05) is 49.9 Å². The van der Waals surface area contributed by atoms with Gasteiger partial charge in [0.1, 0.15) is 0 Å². The Morgan fingerprint density at radius 2 is 2.25 bits per heavy atom. The van der Waals surface area contributed by atoms with Gasteiger partial charge in [-0.2, -0.15) is 11.8 Å². The quantitative estimate of drug-likeness (QED) is 0.722. The molecular weight excluding hydrogens is 220 g/mol. The Bertz CT molecular complexity index is 199. The lowest BCUT2D eigenvalue weighted by Gasteiger charge is -2.38. The van der Waals surface area contributed by atoms with E-state index in [4.69, 9.17) is 10.5 Å². The van der Waals surface area contributed by atoms with E-state index in [-0.39, 0.29) is 0 Å². The number of hydrogen-bond acceptors (Lipinski definition) is 4. The molecule has 0 aromatic rings. The van der Waals surface area contributed by atoms with Crippen molar-refractivity contribution in [2.24, 2.45) is 5.73 Å². The minimum absolute atomic E-state index is 0.300. The first kappa shape index (κ1) is 14.3. The average Bonchev–Trinajstić information content (AvgIpc) is 2.16. The number of nitrogens with two attached hydrogens (primary N) is 1. The normalized spacial score (nSPS) is 23.2. The van der Waals surface area contributed by atoms with Gasteiger partial charge in [0.05, 0.1) is 0 Å². The topological polar surface area (TPSA) is 38.5 Å². The van der Waals surface area contributed by atoms with Crippen molar-refractivity contribution >= 4 is 11.8 Å². The van der Waals surface area contributed by atoms with E-state index >= 15 is 0 Å². The molecule has 3 nitrogen and oxygen atoms in total. The molecular formula is C12H26N2OS. The van der Waals surface area contributed by atoms with Gasteiger partial charge in [-0.15, -0.1) is 0 Å². The molecule has 4 heteroatoms. The van der Waals surface area contributed by atoms with Crippen LogP contribution in [0.15, 0.2) is 0 Å². The van der Waals surface area contributed by atoms with Crippen molar-refractivity contribution in [1.82, 2.24) is 4.90 Å². The van der Waals surface area contributed by atoms with Crippen LogP contribution < -0.4 is 5.73 Å². The highest BCUT2D eigenvalue weighted by Gasteiger charge is 2.27. The minimum Gasteiger partial charge on any atom is -0.385 e. The molecule has 0 radical (unpaired) electrons. The Hall–Kier alpha value is 0.230. The molecule has 1 aliphatic rings. The summed E-state index contributed by atoms with van der Waals surface area (Å²) in [6.07, 6.45) is 2.14. The summed E-state index contributed by atoms with van der Waals surface area (Å²) in [7, 11) is 1.75. The van der Waals surface area contributed by atoms with Crippen LogP contribution in [-0.2, 0) is 4.74 Å². The summed E-state index contributed by atoms with van der Waals surface area (Å²) in [5.41, 5.74) is 6.13. The third kappa shape index (κ3) is 5.53. The molecule has 0 aliphatic carbocycles. The second kappa shape index (κ2) is 6.84. The Morgan fingerprint density at radius 3 is 2.88 bits per heavy atom. The summed E-state index contributed by atoms with van der Waals surface area (Å²) in [5.74, 6) is 1.23. The third-order valence-corrected chi connectivity index (χ3v) is 4.22. The Labute approximate surface area is 104 Å². The molecule has 0 amide bonds. The molecule has 1 heterocycles. The zero-order valence-corrected chi connectivity index (χ0v) is 11.7. The molecule has 0 aromatic carbocycles. The van der Waals surface area contributed by atoms with E-state index in [0.29, 0.717) is 10.8 Å². The molecule has 1 saturated heterocycles. The van der Waals surface area contributed by atoms with E-state index in [1.165, 1.54) is 12.3 Å². The number of nitrogens with zero attached hydrogens (tertiary/aromatic N) is 1. The van der Waals surface area contributed by atoms with Crippen LogP contribution in [0.5, 0.6) is 0 Å². The number of ether oxygens (including phenoxy) is 1. The second-order valence-electron chi connectivity index (χ2n) is 5.24. The molecule has 1 rings (SSSR count). The highest BCUT2D eigenvalue weighted by molar-refractivity contribution is 8.00. The number of methoxy groups -OCH3 is 1. The van der Waals surface area contributed by atoms with E-state index < -0.39 is 0 Å². The molecule has 16 heavy (non-hydrogen) atoms. The van der Waals surface area contributed by atoms with Gasteiger partial charge < -0.3 is 10.5 Å². The molecule has 1 fully saturated rings. The number of hydrogen-bond donors (Lipinski definition) is 1. The van der Waals surface area contributed by atoms with Crippen molar-refractivity contribution in [3.05, 3.63) is 0 Å². The van der Waals surface area contributed by atoms with Crippen LogP contribution in [0.4, 0.5) is 0 Å². The van der Waals surface area contributed by atoms with E-state index in [1.54, 1.807) is 7.11 Å². The van der Waals surface area contributed by atoms with Crippen LogP contribution in [0.1, 0.15) is 26.7 Å². The van der Waals surface area contributed by atoms with Crippen molar-refractivity contribution in [3.63, 3.8) is 0 Å². The number of rotatable bonds is 6. The summed E-state index contributed by atoms with van der Waals surface area (Å²) >= 11 is 2.07. The first-order chi connectivity index (χ1) is 7.53. The van der Waals surface area contributed by atoms with Gasteiger partial charge in [0.25, 0.3) is 0 Å². The Kier molecular flexibility index (Phi) is 6.11. The largest absolute Gasteiger partial charge is 0.385 e. The van der Waals surface area contributed by atoms with E-state index in [0.717, 1.165) is 32.5 Å². The van der Waals surface area contributed by atoms with E-state index in [1.807, 2.05) is 0 Å². The summed E-state index contributed by atoms with van der Waals surface area (Å²) in [6.45, 7) is 8.85. The smallest absolute Gasteiger partial charge is 0.0462 e.